The highest BCUT2D eigenvalue weighted by Gasteiger charge is 2.11. The number of likely N-dealkylation sites (N-methyl/N-ethyl adjacent to an activating group) is 1. The molecule has 6 nitrogen and oxygen atoms in total. The van der Waals surface area contributed by atoms with Gasteiger partial charge in [0.1, 0.15) is 0 Å². The standard InChI is InChI=1S/C12H18N4O2/c1-2-16(7-11(14)17)8-12(18)15-10-5-3-4-9(13)6-10/h3-6H,2,7-8,13H2,1H3,(H2,14,17)(H,15,18). The minimum atomic E-state index is -0.450. The minimum Gasteiger partial charge on any atom is -0.399 e. The molecule has 1 aromatic rings. The number of hydrogen-bond acceptors (Lipinski definition) is 4. The lowest BCUT2D eigenvalue weighted by molar-refractivity contribution is -0.121. The summed E-state index contributed by atoms with van der Waals surface area (Å²) in [6.45, 7) is 2.62. The SMILES string of the molecule is CCN(CC(N)=O)CC(=O)Nc1cccc(N)c1. The Labute approximate surface area is 106 Å². The summed E-state index contributed by atoms with van der Waals surface area (Å²) in [4.78, 5) is 24.2. The fourth-order valence-electron chi connectivity index (χ4n) is 1.52. The second-order valence-electron chi connectivity index (χ2n) is 3.94. The Bertz CT molecular complexity index is 434. The van der Waals surface area contributed by atoms with E-state index in [-0.39, 0.29) is 19.0 Å². The number of benzene rings is 1. The van der Waals surface area contributed by atoms with Crippen LogP contribution < -0.4 is 16.8 Å². The zero-order chi connectivity index (χ0) is 13.5. The first-order valence-electron chi connectivity index (χ1n) is 5.67. The molecular weight excluding hydrogens is 232 g/mol. The highest BCUT2D eigenvalue weighted by Crippen LogP contribution is 2.11. The smallest absolute Gasteiger partial charge is 0.238 e. The fraction of sp³-hybridized carbons (Fsp3) is 0.333. The van der Waals surface area contributed by atoms with Gasteiger partial charge in [0, 0.05) is 11.4 Å². The van der Waals surface area contributed by atoms with Gasteiger partial charge in [-0.05, 0) is 24.7 Å². The van der Waals surface area contributed by atoms with Crippen LogP contribution in [0.15, 0.2) is 24.3 Å². The van der Waals surface area contributed by atoms with Gasteiger partial charge in [-0.15, -0.1) is 0 Å². The monoisotopic (exact) mass is 250 g/mol. The van der Waals surface area contributed by atoms with Crippen molar-refractivity contribution in [1.29, 1.82) is 0 Å². The van der Waals surface area contributed by atoms with Crippen molar-refractivity contribution in [1.82, 2.24) is 4.90 Å². The third-order valence-corrected chi connectivity index (χ3v) is 2.36. The van der Waals surface area contributed by atoms with Crippen LogP contribution in [0.3, 0.4) is 0 Å². The van der Waals surface area contributed by atoms with Gasteiger partial charge in [-0.25, -0.2) is 0 Å². The molecule has 0 saturated carbocycles. The van der Waals surface area contributed by atoms with Crippen molar-refractivity contribution in [2.75, 3.05) is 30.7 Å². The summed E-state index contributed by atoms with van der Waals surface area (Å²) in [6.07, 6.45) is 0. The Morgan fingerprint density at radius 1 is 1.33 bits per heavy atom. The van der Waals surface area contributed by atoms with Crippen molar-refractivity contribution in [3.8, 4) is 0 Å². The Morgan fingerprint density at radius 2 is 2.06 bits per heavy atom. The number of rotatable bonds is 6. The predicted molar refractivity (Wildman–Crippen MR) is 70.8 cm³/mol. The molecule has 0 unspecified atom stereocenters. The number of primary amides is 1. The maximum atomic E-state index is 11.7. The Kier molecular flexibility index (Phi) is 5.13. The van der Waals surface area contributed by atoms with Crippen LogP contribution in [0.2, 0.25) is 0 Å². The van der Waals surface area contributed by atoms with Gasteiger partial charge in [-0.3, -0.25) is 14.5 Å². The van der Waals surface area contributed by atoms with Crippen LogP contribution in [0.4, 0.5) is 11.4 Å². The average molecular weight is 250 g/mol. The number of nitrogens with zero attached hydrogens (tertiary/aromatic N) is 1. The lowest BCUT2D eigenvalue weighted by Crippen LogP contribution is -2.39. The van der Waals surface area contributed by atoms with E-state index in [0.29, 0.717) is 17.9 Å². The zero-order valence-electron chi connectivity index (χ0n) is 10.3. The Morgan fingerprint density at radius 3 is 2.61 bits per heavy atom. The molecule has 1 aromatic carbocycles. The predicted octanol–water partition coefficient (Wildman–Crippen LogP) is 0.0145. The number of hydrogen-bond donors (Lipinski definition) is 3. The van der Waals surface area contributed by atoms with E-state index in [0.717, 1.165) is 0 Å². The molecule has 98 valence electrons. The van der Waals surface area contributed by atoms with Gasteiger partial charge in [-0.2, -0.15) is 0 Å². The molecule has 0 aliphatic rings. The molecule has 0 saturated heterocycles. The van der Waals surface area contributed by atoms with Crippen molar-refractivity contribution >= 4 is 23.2 Å². The largest absolute Gasteiger partial charge is 0.399 e. The van der Waals surface area contributed by atoms with Crippen LogP contribution in [0, 0.1) is 0 Å². The number of anilines is 2. The molecule has 6 heteroatoms. The van der Waals surface area contributed by atoms with Crippen LogP contribution in [0.25, 0.3) is 0 Å². The van der Waals surface area contributed by atoms with Gasteiger partial charge in [0.15, 0.2) is 0 Å². The summed E-state index contributed by atoms with van der Waals surface area (Å²) >= 11 is 0. The second kappa shape index (κ2) is 6.61. The van der Waals surface area contributed by atoms with Crippen LogP contribution in [-0.4, -0.2) is 36.3 Å². The minimum absolute atomic E-state index is 0.0703. The fourth-order valence-corrected chi connectivity index (χ4v) is 1.52. The van der Waals surface area contributed by atoms with Gasteiger partial charge in [0.05, 0.1) is 13.1 Å². The van der Waals surface area contributed by atoms with Crippen LogP contribution in [-0.2, 0) is 9.59 Å². The molecule has 0 fully saturated rings. The first-order chi connectivity index (χ1) is 8.51. The van der Waals surface area contributed by atoms with Crippen molar-refractivity contribution in [3.05, 3.63) is 24.3 Å². The summed E-state index contributed by atoms with van der Waals surface area (Å²) in [5.74, 6) is -0.655. The van der Waals surface area contributed by atoms with Crippen molar-refractivity contribution < 1.29 is 9.59 Å². The molecule has 0 radical (unpaired) electrons. The number of nitrogens with two attached hydrogens (primary N) is 2. The van der Waals surface area contributed by atoms with E-state index in [1.165, 1.54) is 0 Å². The van der Waals surface area contributed by atoms with Crippen LogP contribution >= 0.6 is 0 Å². The quantitative estimate of drug-likeness (QED) is 0.619. The number of nitrogen functional groups attached to an aromatic ring is 1. The summed E-state index contributed by atoms with van der Waals surface area (Å²) in [5, 5.41) is 2.71. The molecule has 5 N–H and O–H groups in total. The molecule has 0 aromatic heterocycles. The van der Waals surface area contributed by atoms with E-state index in [1.54, 1.807) is 29.2 Å². The van der Waals surface area contributed by atoms with Crippen molar-refractivity contribution in [2.45, 2.75) is 6.92 Å². The molecule has 0 heterocycles. The summed E-state index contributed by atoms with van der Waals surface area (Å²) < 4.78 is 0. The second-order valence-corrected chi connectivity index (χ2v) is 3.94. The summed E-state index contributed by atoms with van der Waals surface area (Å²) in [6, 6.07) is 6.91. The molecule has 0 aliphatic carbocycles. The number of carbonyl (C=O) groups is 2. The van der Waals surface area contributed by atoms with Crippen LogP contribution in [0.5, 0.6) is 0 Å². The topological polar surface area (TPSA) is 101 Å². The number of carbonyl (C=O) groups excluding carboxylic acids is 2. The maximum Gasteiger partial charge on any atom is 0.238 e. The third-order valence-electron chi connectivity index (χ3n) is 2.36. The molecule has 1 rings (SSSR count). The van der Waals surface area contributed by atoms with E-state index >= 15 is 0 Å². The maximum absolute atomic E-state index is 11.7. The molecule has 0 bridgehead atoms. The molecular formula is C12H18N4O2. The van der Waals surface area contributed by atoms with Gasteiger partial charge >= 0.3 is 0 Å². The lowest BCUT2D eigenvalue weighted by Gasteiger charge is -2.17. The summed E-state index contributed by atoms with van der Waals surface area (Å²) in [7, 11) is 0. The van der Waals surface area contributed by atoms with Gasteiger partial charge in [0.25, 0.3) is 0 Å². The van der Waals surface area contributed by atoms with Crippen molar-refractivity contribution in [3.63, 3.8) is 0 Å². The number of nitrogens with one attached hydrogen (secondary N) is 1. The average Bonchev–Trinajstić information content (AvgIpc) is 2.27. The Hall–Kier alpha value is -2.08. The normalized spacial score (nSPS) is 10.3. The highest BCUT2D eigenvalue weighted by molar-refractivity contribution is 5.93. The van der Waals surface area contributed by atoms with E-state index in [1.807, 2.05) is 6.92 Å². The van der Waals surface area contributed by atoms with Crippen LogP contribution in [0.1, 0.15) is 6.92 Å². The van der Waals surface area contributed by atoms with E-state index < -0.39 is 5.91 Å². The molecule has 0 aliphatic heterocycles. The molecule has 2 amide bonds. The Balaban J connectivity index is 2.52. The summed E-state index contributed by atoms with van der Waals surface area (Å²) in [5.41, 5.74) is 11.9. The van der Waals surface area contributed by atoms with E-state index in [4.69, 9.17) is 11.5 Å². The van der Waals surface area contributed by atoms with E-state index in [9.17, 15) is 9.59 Å². The molecule has 0 spiro atoms. The van der Waals surface area contributed by atoms with Crippen molar-refractivity contribution in [2.24, 2.45) is 5.73 Å². The van der Waals surface area contributed by atoms with E-state index in [2.05, 4.69) is 5.32 Å². The van der Waals surface area contributed by atoms with Gasteiger partial charge in [-0.1, -0.05) is 13.0 Å². The van der Waals surface area contributed by atoms with Gasteiger partial charge in [0.2, 0.25) is 11.8 Å². The first kappa shape index (κ1) is 14.0. The molecule has 18 heavy (non-hydrogen) atoms. The molecule has 0 atom stereocenters. The third kappa shape index (κ3) is 4.84. The van der Waals surface area contributed by atoms with Gasteiger partial charge < -0.3 is 16.8 Å². The number of amides is 2. The lowest BCUT2D eigenvalue weighted by atomic mass is 10.3. The highest BCUT2D eigenvalue weighted by atomic mass is 16.2. The zero-order valence-corrected chi connectivity index (χ0v) is 10.3. The first-order valence-corrected chi connectivity index (χ1v) is 5.67.